The first-order valence-corrected chi connectivity index (χ1v) is 7.19. The summed E-state index contributed by atoms with van der Waals surface area (Å²) in [4.78, 5) is 2.62. The Balaban J connectivity index is 1.61. The second kappa shape index (κ2) is 4.71. The van der Waals surface area contributed by atoms with Crippen LogP contribution in [0.25, 0.3) is 0 Å². The molecule has 3 heteroatoms. The standard InChI is InChI=1S/C15H24N2O/c1-12(10-14-4-3-9-18-14)17-8-7-16-15(2,11-17)13-5-6-13/h3-4,9,12-13,16H,5-8,10-11H2,1-2H3. The molecule has 1 aromatic rings. The predicted molar refractivity (Wildman–Crippen MR) is 72.6 cm³/mol. The smallest absolute Gasteiger partial charge is 0.105 e. The molecule has 1 aromatic heterocycles. The zero-order chi connectivity index (χ0) is 12.6. The minimum atomic E-state index is 0.343. The van der Waals surface area contributed by atoms with E-state index in [0.717, 1.165) is 31.2 Å². The minimum Gasteiger partial charge on any atom is -0.469 e. The molecular formula is C15H24N2O. The number of hydrogen-bond acceptors (Lipinski definition) is 3. The van der Waals surface area contributed by atoms with Crippen molar-refractivity contribution in [2.45, 2.75) is 44.7 Å². The summed E-state index contributed by atoms with van der Waals surface area (Å²) < 4.78 is 5.46. The largest absolute Gasteiger partial charge is 0.469 e. The van der Waals surface area contributed by atoms with E-state index in [0.29, 0.717) is 11.6 Å². The fourth-order valence-corrected chi connectivity index (χ4v) is 3.26. The average Bonchev–Trinajstić information content (AvgIpc) is 3.10. The Morgan fingerprint density at radius 3 is 3.06 bits per heavy atom. The molecule has 1 aliphatic carbocycles. The van der Waals surface area contributed by atoms with Gasteiger partial charge in [0.2, 0.25) is 0 Å². The van der Waals surface area contributed by atoms with Gasteiger partial charge in [-0.15, -0.1) is 0 Å². The topological polar surface area (TPSA) is 28.4 Å². The van der Waals surface area contributed by atoms with Crippen LogP contribution in [0.2, 0.25) is 0 Å². The maximum Gasteiger partial charge on any atom is 0.105 e. The Labute approximate surface area is 110 Å². The molecule has 2 unspecified atom stereocenters. The monoisotopic (exact) mass is 248 g/mol. The van der Waals surface area contributed by atoms with Crippen LogP contribution >= 0.6 is 0 Å². The summed E-state index contributed by atoms with van der Waals surface area (Å²) in [6.07, 6.45) is 5.61. The zero-order valence-electron chi connectivity index (χ0n) is 11.5. The van der Waals surface area contributed by atoms with Crippen LogP contribution in [0.1, 0.15) is 32.4 Å². The van der Waals surface area contributed by atoms with Crippen LogP contribution in [0, 0.1) is 5.92 Å². The molecule has 2 fully saturated rings. The van der Waals surface area contributed by atoms with Crippen molar-refractivity contribution in [3.63, 3.8) is 0 Å². The second-order valence-corrected chi connectivity index (χ2v) is 6.22. The SMILES string of the molecule is CC(Cc1ccco1)N1CCNC(C)(C2CC2)C1. The summed E-state index contributed by atoms with van der Waals surface area (Å²) in [5.41, 5.74) is 0.343. The predicted octanol–water partition coefficient (Wildman–Crippen LogP) is 2.28. The Morgan fingerprint density at radius 2 is 2.39 bits per heavy atom. The third-order valence-electron chi connectivity index (χ3n) is 4.64. The lowest BCUT2D eigenvalue weighted by atomic mass is 9.92. The van der Waals surface area contributed by atoms with Crippen molar-refractivity contribution in [1.82, 2.24) is 10.2 Å². The number of hydrogen-bond donors (Lipinski definition) is 1. The van der Waals surface area contributed by atoms with Crippen molar-refractivity contribution in [2.24, 2.45) is 5.92 Å². The van der Waals surface area contributed by atoms with Gasteiger partial charge >= 0.3 is 0 Å². The van der Waals surface area contributed by atoms with E-state index in [9.17, 15) is 0 Å². The van der Waals surface area contributed by atoms with E-state index >= 15 is 0 Å². The molecule has 1 saturated carbocycles. The molecule has 18 heavy (non-hydrogen) atoms. The van der Waals surface area contributed by atoms with Gasteiger partial charge in [-0.2, -0.15) is 0 Å². The van der Waals surface area contributed by atoms with Crippen LogP contribution in [0.3, 0.4) is 0 Å². The van der Waals surface area contributed by atoms with Crippen LogP contribution in [0.4, 0.5) is 0 Å². The lowest BCUT2D eigenvalue weighted by Crippen LogP contribution is -2.61. The Bertz CT molecular complexity index is 385. The second-order valence-electron chi connectivity index (χ2n) is 6.22. The molecule has 0 aromatic carbocycles. The van der Waals surface area contributed by atoms with Gasteiger partial charge in [0.1, 0.15) is 5.76 Å². The number of furan rings is 1. The van der Waals surface area contributed by atoms with Crippen LogP contribution in [-0.4, -0.2) is 36.1 Å². The molecule has 1 saturated heterocycles. The van der Waals surface area contributed by atoms with Crippen LogP contribution in [0.15, 0.2) is 22.8 Å². The third kappa shape index (κ3) is 2.47. The molecule has 0 radical (unpaired) electrons. The van der Waals surface area contributed by atoms with Crippen LogP contribution in [-0.2, 0) is 6.42 Å². The summed E-state index contributed by atoms with van der Waals surface area (Å²) >= 11 is 0. The quantitative estimate of drug-likeness (QED) is 0.886. The van der Waals surface area contributed by atoms with Crippen molar-refractivity contribution in [2.75, 3.05) is 19.6 Å². The number of nitrogens with zero attached hydrogens (tertiary/aromatic N) is 1. The summed E-state index contributed by atoms with van der Waals surface area (Å²) in [6, 6.07) is 4.63. The third-order valence-corrected chi connectivity index (χ3v) is 4.64. The summed E-state index contributed by atoms with van der Waals surface area (Å²) in [7, 11) is 0. The Morgan fingerprint density at radius 1 is 1.56 bits per heavy atom. The van der Waals surface area contributed by atoms with Gasteiger partial charge in [-0.1, -0.05) is 0 Å². The zero-order valence-corrected chi connectivity index (χ0v) is 11.5. The highest BCUT2D eigenvalue weighted by molar-refractivity contribution is 5.05. The van der Waals surface area contributed by atoms with Gasteiger partial charge in [0, 0.05) is 37.6 Å². The maximum absolute atomic E-state index is 5.46. The molecule has 1 N–H and O–H groups in total. The van der Waals surface area contributed by atoms with E-state index < -0.39 is 0 Å². The van der Waals surface area contributed by atoms with Crippen LogP contribution in [0.5, 0.6) is 0 Å². The highest BCUT2D eigenvalue weighted by Gasteiger charge is 2.44. The first-order valence-electron chi connectivity index (χ1n) is 7.19. The first-order chi connectivity index (χ1) is 8.67. The summed E-state index contributed by atoms with van der Waals surface area (Å²) in [5.74, 6) is 2.00. The summed E-state index contributed by atoms with van der Waals surface area (Å²) in [6.45, 7) is 8.18. The molecular weight excluding hydrogens is 224 g/mol. The van der Waals surface area contributed by atoms with E-state index in [1.165, 1.54) is 19.4 Å². The van der Waals surface area contributed by atoms with Crippen molar-refractivity contribution >= 4 is 0 Å². The highest BCUT2D eigenvalue weighted by atomic mass is 16.3. The van der Waals surface area contributed by atoms with E-state index in [1.807, 2.05) is 6.07 Å². The van der Waals surface area contributed by atoms with Gasteiger partial charge in [0.15, 0.2) is 0 Å². The molecule has 2 heterocycles. The highest BCUT2D eigenvalue weighted by Crippen LogP contribution is 2.41. The Hall–Kier alpha value is -0.800. The van der Waals surface area contributed by atoms with Gasteiger partial charge in [-0.05, 0) is 44.7 Å². The Kier molecular flexibility index (Phi) is 3.20. The fourth-order valence-electron chi connectivity index (χ4n) is 3.26. The lowest BCUT2D eigenvalue weighted by molar-refractivity contribution is 0.0924. The van der Waals surface area contributed by atoms with Gasteiger partial charge in [0.25, 0.3) is 0 Å². The van der Waals surface area contributed by atoms with E-state index in [2.05, 4.69) is 30.1 Å². The van der Waals surface area contributed by atoms with E-state index in [-0.39, 0.29) is 0 Å². The normalized spacial score (nSPS) is 31.4. The lowest BCUT2D eigenvalue weighted by Gasteiger charge is -2.44. The van der Waals surface area contributed by atoms with E-state index in [4.69, 9.17) is 4.42 Å². The average molecular weight is 248 g/mol. The fraction of sp³-hybridized carbons (Fsp3) is 0.733. The number of nitrogens with one attached hydrogen (secondary N) is 1. The molecule has 100 valence electrons. The molecule has 3 rings (SSSR count). The van der Waals surface area contributed by atoms with Crippen molar-refractivity contribution in [1.29, 1.82) is 0 Å². The van der Waals surface area contributed by atoms with Crippen LogP contribution < -0.4 is 5.32 Å². The molecule has 2 atom stereocenters. The van der Waals surface area contributed by atoms with Crippen molar-refractivity contribution < 1.29 is 4.42 Å². The van der Waals surface area contributed by atoms with Gasteiger partial charge < -0.3 is 9.73 Å². The molecule has 3 nitrogen and oxygen atoms in total. The van der Waals surface area contributed by atoms with Gasteiger partial charge in [-0.25, -0.2) is 0 Å². The molecule has 0 spiro atoms. The molecule has 0 bridgehead atoms. The van der Waals surface area contributed by atoms with Gasteiger partial charge in [0.05, 0.1) is 6.26 Å². The molecule has 0 amide bonds. The summed E-state index contributed by atoms with van der Waals surface area (Å²) in [5, 5.41) is 3.74. The minimum absolute atomic E-state index is 0.343. The first kappa shape index (κ1) is 12.2. The molecule has 2 aliphatic rings. The number of piperazine rings is 1. The maximum atomic E-state index is 5.46. The number of rotatable bonds is 4. The molecule has 1 aliphatic heterocycles. The van der Waals surface area contributed by atoms with E-state index in [1.54, 1.807) is 6.26 Å². The van der Waals surface area contributed by atoms with Crippen molar-refractivity contribution in [3.8, 4) is 0 Å². The van der Waals surface area contributed by atoms with Crippen molar-refractivity contribution in [3.05, 3.63) is 24.2 Å². The van der Waals surface area contributed by atoms with Gasteiger partial charge in [-0.3, -0.25) is 4.90 Å².